The molecule has 1 aliphatic rings. The molecule has 1 radical (unpaired) electrons. The summed E-state index contributed by atoms with van der Waals surface area (Å²) in [6.45, 7) is 15.1. The molecule has 0 bridgehead atoms. The number of hydrogen-bond donors (Lipinski definition) is 2. The smallest absolute Gasteiger partial charge is 0.550 e. The molecule has 8 nitrogen and oxygen atoms in total. The van der Waals surface area contributed by atoms with Gasteiger partial charge >= 0.3 is 16.8 Å². The number of hydrogen-bond acceptors (Lipinski definition) is 8. The zero-order valence-corrected chi connectivity index (χ0v) is 30.6. The number of carbonyl (C=O) groups excluding carboxylic acids is 2. The van der Waals surface area contributed by atoms with Crippen LogP contribution >= 0.6 is 0 Å². The maximum absolute atomic E-state index is 10.9. The van der Waals surface area contributed by atoms with Crippen molar-refractivity contribution in [2.75, 3.05) is 0 Å². The number of aromatic hydroxyl groups is 2. The molecule has 2 atom stereocenters. The number of phenolic OH excluding ortho intramolecular Hbond substituents is 2. The minimum atomic E-state index is -1.08. The topological polar surface area (TPSA) is 145 Å². The zero-order chi connectivity index (χ0) is 34.8. The van der Waals surface area contributed by atoms with Gasteiger partial charge in [-0.15, -0.1) is 0 Å². The van der Waals surface area contributed by atoms with Crippen LogP contribution in [0.15, 0.2) is 34.3 Å². The number of carbonyl (C=O) groups is 2. The molecule has 2 N–H and O–H groups in total. The normalized spacial score (nSPS) is 16.0. The first-order valence-electron chi connectivity index (χ1n) is 16.8. The van der Waals surface area contributed by atoms with E-state index in [1.807, 2.05) is 12.4 Å². The second-order valence-corrected chi connectivity index (χ2v) is 12.9. The number of rotatable bonds is 12. The SMILES string of the molecule is CC(=O)[O-].CC(=O)[O-].CCc1cc(CCC(C)C)cc(C=NC2CCCCC2N=Cc2cc(CCC(C)C)cc(CC)c2O)c1O.[Co+2]. The van der Waals surface area contributed by atoms with Gasteiger partial charge in [0.1, 0.15) is 11.5 Å². The molecule has 1 saturated carbocycles. The average Bonchev–Trinajstić information content (AvgIpc) is 2.98. The van der Waals surface area contributed by atoms with E-state index in [2.05, 4.69) is 65.8 Å². The van der Waals surface area contributed by atoms with Crippen LogP contribution in [0, 0.1) is 11.8 Å². The number of aliphatic carboxylic acids is 2. The van der Waals surface area contributed by atoms with Crippen molar-refractivity contribution < 1.29 is 46.8 Å². The molecule has 9 heteroatoms. The number of carboxylic acid groups (broad SMARTS) is 2. The van der Waals surface area contributed by atoms with Gasteiger partial charge in [-0.05, 0) is 111 Å². The third-order valence-electron chi connectivity index (χ3n) is 7.84. The summed E-state index contributed by atoms with van der Waals surface area (Å²) in [7, 11) is 0. The third-order valence-corrected chi connectivity index (χ3v) is 7.84. The van der Waals surface area contributed by atoms with Gasteiger partial charge in [0.15, 0.2) is 0 Å². The molecule has 0 saturated heterocycles. The van der Waals surface area contributed by atoms with Crippen molar-refractivity contribution in [2.24, 2.45) is 21.8 Å². The summed E-state index contributed by atoms with van der Waals surface area (Å²) in [5, 5.41) is 39.5. The zero-order valence-electron chi connectivity index (χ0n) is 29.6. The van der Waals surface area contributed by atoms with E-state index in [0.29, 0.717) is 23.3 Å². The summed E-state index contributed by atoms with van der Waals surface area (Å²) in [6.07, 6.45) is 13.9. The van der Waals surface area contributed by atoms with Crippen LogP contribution in [0.25, 0.3) is 0 Å². The molecule has 2 unspecified atom stereocenters. The summed E-state index contributed by atoms with van der Waals surface area (Å²) in [5.74, 6) is -0.155. The fourth-order valence-corrected chi connectivity index (χ4v) is 5.30. The Hall–Kier alpha value is -3.17. The quantitative estimate of drug-likeness (QED) is 0.270. The molecule has 1 fully saturated rings. The summed E-state index contributed by atoms with van der Waals surface area (Å²) in [5.41, 5.74) is 6.16. The summed E-state index contributed by atoms with van der Waals surface area (Å²) in [6, 6.07) is 8.67. The van der Waals surface area contributed by atoms with Crippen molar-refractivity contribution in [1.29, 1.82) is 0 Å². The fourth-order valence-electron chi connectivity index (χ4n) is 5.30. The van der Waals surface area contributed by atoms with Gasteiger partial charge in [0, 0.05) is 35.5 Å². The molecule has 0 heterocycles. The number of phenols is 2. The molecule has 3 rings (SSSR count). The number of aliphatic imine (C=N–C) groups is 2. The van der Waals surface area contributed by atoms with E-state index in [1.165, 1.54) is 11.1 Å². The van der Waals surface area contributed by atoms with Gasteiger partial charge in [0.05, 0.1) is 12.1 Å². The Balaban J connectivity index is 0.00000211. The Morgan fingerprint density at radius 3 is 1.34 bits per heavy atom. The van der Waals surface area contributed by atoms with E-state index in [-0.39, 0.29) is 28.9 Å². The van der Waals surface area contributed by atoms with Gasteiger partial charge in [0.25, 0.3) is 0 Å². The number of benzene rings is 2. The second-order valence-electron chi connectivity index (χ2n) is 12.9. The van der Waals surface area contributed by atoms with E-state index in [4.69, 9.17) is 29.8 Å². The predicted octanol–water partition coefficient (Wildman–Crippen LogP) is 5.76. The van der Waals surface area contributed by atoms with Crippen LogP contribution in [0.4, 0.5) is 0 Å². The molecule has 47 heavy (non-hydrogen) atoms. The fraction of sp³-hybridized carbons (Fsp3) is 0.579. The Kier molecular flexibility index (Phi) is 21.6. The Morgan fingerprint density at radius 1 is 0.745 bits per heavy atom. The molecule has 2 aromatic carbocycles. The van der Waals surface area contributed by atoms with Crippen LogP contribution in [0.1, 0.15) is 127 Å². The largest absolute Gasteiger partial charge is 2.00 e. The van der Waals surface area contributed by atoms with Crippen molar-refractivity contribution in [3.05, 3.63) is 57.6 Å². The standard InChI is InChI=1S/C34H50N2O2.2C2H4O2.Co/c1-7-27-17-25(15-13-23(3)4)19-29(33(27)37)21-35-31-11-9-10-12-32(31)36-22-30-20-26(16-14-24(5)6)18-28(8-2)34(30)38;2*1-2(3)4;/h17-24,31-32,37-38H,7-16H2,1-6H3;2*1H3,(H,3,4);/q;;;+2/p-2. The van der Waals surface area contributed by atoms with Crippen molar-refractivity contribution in [3.63, 3.8) is 0 Å². The minimum Gasteiger partial charge on any atom is -0.550 e. The van der Waals surface area contributed by atoms with E-state index in [1.54, 1.807) is 0 Å². The van der Waals surface area contributed by atoms with Crippen LogP contribution in [-0.4, -0.2) is 46.7 Å². The van der Waals surface area contributed by atoms with Gasteiger partial charge in [0.2, 0.25) is 0 Å². The molecule has 0 aromatic heterocycles. The Labute approximate surface area is 293 Å². The van der Waals surface area contributed by atoms with E-state index in [0.717, 1.165) is 100 Å². The van der Waals surface area contributed by atoms with Crippen molar-refractivity contribution >= 4 is 24.4 Å². The van der Waals surface area contributed by atoms with E-state index in [9.17, 15) is 10.2 Å². The van der Waals surface area contributed by atoms with Crippen LogP contribution in [0.5, 0.6) is 11.5 Å². The molecule has 0 amide bonds. The average molecular weight is 696 g/mol. The Bertz CT molecular complexity index is 1200. The van der Waals surface area contributed by atoms with Gasteiger partial charge in [-0.1, -0.05) is 66.5 Å². The van der Waals surface area contributed by atoms with E-state index < -0.39 is 11.9 Å². The molecular weight excluding hydrogens is 639 g/mol. The summed E-state index contributed by atoms with van der Waals surface area (Å²) in [4.78, 5) is 27.7. The molecule has 0 spiro atoms. The maximum Gasteiger partial charge on any atom is 2.00 e. The minimum absolute atomic E-state index is 0. The predicted molar refractivity (Wildman–Crippen MR) is 184 cm³/mol. The number of carboxylic acids is 2. The first-order valence-corrected chi connectivity index (χ1v) is 16.8. The summed E-state index contributed by atoms with van der Waals surface area (Å²) >= 11 is 0. The van der Waals surface area contributed by atoms with Crippen LogP contribution in [0.2, 0.25) is 0 Å². The first-order chi connectivity index (χ1) is 21.7. The third kappa shape index (κ3) is 17.5. The van der Waals surface area contributed by atoms with Crippen LogP contribution < -0.4 is 10.2 Å². The monoisotopic (exact) mass is 695 g/mol. The molecule has 0 aliphatic heterocycles. The van der Waals surface area contributed by atoms with E-state index >= 15 is 0 Å². The molecule has 1 aliphatic carbocycles. The van der Waals surface area contributed by atoms with Gasteiger partial charge in [-0.2, -0.15) is 0 Å². The van der Waals surface area contributed by atoms with Gasteiger partial charge < -0.3 is 30.0 Å². The molecule has 263 valence electrons. The maximum atomic E-state index is 10.9. The number of aryl methyl sites for hydroxylation is 4. The number of nitrogens with zero attached hydrogens (tertiary/aromatic N) is 2. The first kappa shape index (κ1) is 43.8. The van der Waals surface area contributed by atoms with Gasteiger partial charge in [-0.3, -0.25) is 9.98 Å². The van der Waals surface area contributed by atoms with Crippen molar-refractivity contribution in [1.82, 2.24) is 0 Å². The molecule has 2 aromatic rings. The van der Waals surface area contributed by atoms with Crippen LogP contribution in [0.3, 0.4) is 0 Å². The Morgan fingerprint density at radius 2 is 1.06 bits per heavy atom. The second kappa shape index (κ2) is 23.2. The summed E-state index contributed by atoms with van der Waals surface area (Å²) < 4.78 is 0. The van der Waals surface area contributed by atoms with Gasteiger partial charge in [-0.25, -0.2) is 0 Å². The van der Waals surface area contributed by atoms with Crippen molar-refractivity contribution in [2.45, 2.75) is 132 Å². The molecular formula is C38H56CoN2O6. The van der Waals surface area contributed by atoms with Crippen molar-refractivity contribution in [3.8, 4) is 11.5 Å². The van der Waals surface area contributed by atoms with Crippen LogP contribution in [-0.2, 0) is 52.1 Å².